The number of thioether (sulfide) groups is 1. The molecule has 4 heteroatoms. The fraction of sp³-hybridized carbons (Fsp3) is 0.125. The Morgan fingerprint density at radius 3 is 2.70 bits per heavy atom. The summed E-state index contributed by atoms with van der Waals surface area (Å²) in [6, 6.07) is 17.0. The highest BCUT2D eigenvalue weighted by Crippen LogP contribution is 2.31. The van der Waals surface area contributed by atoms with Crippen molar-refractivity contribution < 1.29 is 0 Å². The molecular weight excluding hydrogens is 350 g/mol. The van der Waals surface area contributed by atoms with Crippen LogP contribution in [0.5, 0.6) is 0 Å². The first-order valence-electron chi connectivity index (χ1n) is 6.34. The van der Waals surface area contributed by atoms with Crippen molar-refractivity contribution >= 4 is 49.1 Å². The fourth-order valence-electron chi connectivity index (χ4n) is 2.11. The second kappa shape index (κ2) is 6.31. The lowest BCUT2D eigenvalue weighted by atomic mass is 10.1. The maximum atomic E-state index is 6.37. The summed E-state index contributed by atoms with van der Waals surface area (Å²) in [5.74, 6) is 0.888. The van der Waals surface area contributed by atoms with Crippen LogP contribution < -0.4 is 5.73 Å². The zero-order chi connectivity index (χ0) is 13.9. The number of halogens is 1. The summed E-state index contributed by atoms with van der Waals surface area (Å²) < 4.78 is 2.42. The first kappa shape index (κ1) is 14.1. The van der Waals surface area contributed by atoms with E-state index in [1.54, 1.807) is 23.1 Å². The van der Waals surface area contributed by atoms with E-state index in [0.717, 1.165) is 10.2 Å². The maximum Gasteiger partial charge on any atom is 0.0404 e. The van der Waals surface area contributed by atoms with E-state index < -0.39 is 0 Å². The molecule has 0 bridgehead atoms. The summed E-state index contributed by atoms with van der Waals surface area (Å²) in [4.78, 5) is 1.25. The average molecular weight is 364 g/mol. The molecule has 2 N–H and O–H groups in total. The molecule has 3 aromatic rings. The number of benzene rings is 2. The van der Waals surface area contributed by atoms with Crippen LogP contribution >= 0.6 is 39.0 Å². The van der Waals surface area contributed by atoms with Crippen LogP contribution in [0, 0.1) is 0 Å². The minimum atomic E-state index is 0.0611. The zero-order valence-corrected chi connectivity index (χ0v) is 14.0. The Morgan fingerprint density at radius 1 is 1.10 bits per heavy atom. The van der Waals surface area contributed by atoms with Crippen LogP contribution in [0.2, 0.25) is 0 Å². The van der Waals surface area contributed by atoms with Crippen molar-refractivity contribution in [1.82, 2.24) is 0 Å². The van der Waals surface area contributed by atoms with Gasteiger partial charge in [-0.05, 0) is 46.7 Å². The molecule has 0 aliphatic rings. The minimum Gasteiger partial charge on any atom is -0.323 e. The van der Waals surface area contributed by atoms with Crippen molar-refractivity contribution in [1.29, 1.82) is 0 Å². The van der Waals surface area contributed by atoms with Crippen molar-refractivity contribution in [3.63, 3.8) is 0 Å². The number of thiophene rings is 1. The van der Waals surface area contributed by atoms with Gasteiger partial charge in [0.1, 0.15) is 0 Å². The molecule has 1 atom stereocenters. The predicted octanol–water partition coefficient (Wildman–Crippen LogP) is 5.46. The van der Waals surface area contributed by atoms with Crippen LogP contribution in [0.4, 0.5) is 0 Å². The standard InChI is InChI=1S/C16H14BrNS2/c17-12-4-6-13(7-5-12)20-10-15(18)14-3-1-2-11-8-9-19-16(11)14/h1-9,15H,10,18H2. The normalized spacial score (nSPS) is 12.7. The van der Waals surface area contributed by atoms with Gasteiger partial charge < -0.3 is 5.73 Å². The summed E-state index contributed by atoms with van der Waals surface area (Å²) in [7, 11) is 0. The molecule has 20 heavy (non-hydrogen) atoms. The highest BCUT2D eigenvalue weighted by molar-refractivity contribution is 9.10. The Balaban J connectivity index is 1.74. The molecule has 1 unspecified atom stereocenters. The number of fused-ring (bicyclic) bond motifs is 1. The summed E-state index contributed by atoms with van der Waals surface area (Å²) in [6.45, 7) is 0. The molecular formula is C16H14BrNS2. The molecule has 0 fully saturated rings. The van der Waals surface area contributed by atoms with Gasteiger partial charge in [-0.3, -0.25) is 0 Å². The Labute approximate surface area is 135 Å². The Kier molecular flexibility index (Phi) is 4.46. The van der Waals surface area contributed by atoms with E-state index in [-0.39, 0.29) is 6.04 Å². The van der Waals surface area contributed by atoms with Crippen LogP contribution in [0.1, 0.15) is 11.6 Å². The average Bonchev–Trinajstić information content (AvgIpc) is 2.94. The lowest BCUT2D eigenvalue weighted by Gasteiger charge is -2.13. The van der Waals surface area contributed by atoms with Gasteiger partial charge in [-0.1, -0.05) is 34.1 Å². The van der Waals surface area contributed by atoms with Gasteiger partial charge in [0.15, 0.2) is 0 Å². The van der Waals surface area contributed by atoms with Crippen molar-refractivity contribution in [3.8, 4) is 0 Å². The van der Waals surface area contributed by atoms with Gasteiger partial charge in [0, 0.05) is 25.9 Å². The molecule has 0 radical (unpaired) electrons. The van der Waals surface area contributed by atoms with E-state index in [4.69, 9.17) is 5.73 Å². The number of rotatable bonds is 4. The summed E-state index contributed by atoms with van der Waals surface area (Å²) in [5, 5.41) is 3.42. The van der Waals surface area contributed by atoms with E-state index in [9.17, 15) is 0 Å². The molecule has 0 aliphatic heterocycles. The predicted molar refractivity (Wildman–Crippen MR) is 93.6 cm³/mol. The molecule has 3 rings (SSSR count). The molecule has 0 aliphatic carbocycles. The minimum absolute atomic E-state index is 0.0611. The van der Waals surface area contributed by atoms with E-state index in [0.29, 0.717) is 0 Å². The Bertz CT molecular complexity index is 706. The second-order valence-corrected chi connectivity index (χ2v) is 7.48. The van der Waals surface area contributed by atoms with Crippen LogP contribution in [-0.4, -0.2) is 5.75 Å². The molecule has 1 heterocycles. The van der Waals surface area contributed by atoms with Gasteiger partial charge in [0.2, 0.25) is 0 Å². The largest absolute Gasteiger partial charge is 0.323 e. The highest BCUT2D eigenvalue weighted by atomic mass is 79.9. The highest BCUT2D eigenvalue weighted by Gasteiger charge is 2.11. The zero-order valence-electron chi connectivity index (χ0n) is 10.8. The van der Waals surface area contributed by atoms with E-state index in [2.05, 4.69) is 69.8 Å². The van der Waals surface area contributed by atoms with Gasteiger partial charge in [0.25, 0.3) is 0 Å². The maximum absolute atomic E-state index is 6.37. The van der Waals surface area contributed by atoms with Gasteiger partial charge in [-0.15, -0.1) is 23.1 Å². The summed E-state index contributed by atoms with van der Waals surface area (Å²) in [6.07, 6.45) is 0. The quantitative estimate of drug-likeness (QED) is 0.623. The lowest BCUT2D eigenvalue weighted by Crippen LogP contribution is -2.12. The van der Waals surface area contributed by atoms with Gasteiger partial charge in [-0.25, -0.2) is 0 Å². The second-order valence-electron chi connectivity index (χ2n) is 4.56. The summed E-state index contributed by atoms with van der Waals surface area (Å²) in [5.41, 5.74) is 7.63. The van der Waals surface area contributed by atoms with Crippen LogP contribution in [-0.2, 0) is 0 Å². The molecule has 1 nitrogen and oxygen atoms in total. The van der Waals surface area contributed by atoms with Crippen molar-refractivity contribution in [2.75, 3.05) is 5.75 Å². The van der Waals surface area contributed by atoms with Crippen molar-refractivity contribution in [2.45, 2.75) is 10.9 Å². The lowest BCUT2D eigenvalue weighted by molar-refractivity contribution is 0.841. The molecule has 0 saturated carbocycles. The van der Waals surface area contributed by atoms with Crippen LogP contribution in [0.15, 0.2) is 63.3 Å². The Morgan fingerprint density at radius 2 is 1.90 bits per heavy atom. The van der Waals surface area contributed by atoms with E-state index in [1.165, 1.54) is 20.5 Å². The van der Waals surface area contributed by atoms with Gasteiger partial charge in [0.05, 0.1) is 0 Å². The SMILES string of the molecule is NC(CSc1ccc(Br)cc1)c1cccc2ccsc12. The molecule has 2 aromatic carbocycles. The third-order valence-corrected chi connectivity index (χ3v) is 5.79. The number of nitrogens with two attached hydrogens (primary N) is 1. The smallest absolute Gasteiger partial charge is 0.0404 e. The van der Waals surface area contributed by atoms with Gasteiger partial charge in [-0.2, -0.15) is 0 Å². The third kappa shape index (κ3) is 3.09. The van der Waals surface area contributed by atoms with Crippen LogP contribution in [0.3, 0.4) is 0 Å². The molecule has 1 aromatic heterocycles. The monoisotopic (exact) mass is 363 g/mol. The van der Waals surface area contributed by atoms with Crippen LogP contribution in [0.25, 0.3) is 10.1 Å². The van der Waals surface area contributed by atoms with E-state index >= 15 is 0 Å². The fourth-order valence-corrected chi connectivity index (χ4v) is 4.24. The van der Waals surface area contributed by atoms with Crippen molar-refractivity contribution in [2.24, 2.45) is 5.73 Å². The van der Waals surface area contributed by atoms with E-state index in [1.807, 2.05) is 0 Å². The summed E-state index contributed by atoms with van der Waals surface area (Å²) >= 11 is 7.02. The molecule has 102 valence electrons. The third-order valence-electron chi connectivity index (χ3n) is 3.15. The molecule has 0 spiro atoms. The van der Waals surface area contributed by atoms with Crippen molar-refractivity contribution in [3.05, 3.63) is 63.9 Å². The first-order chi connectivity index (χ1) is 9.74. The Hall–Kier alpha value is -0.810. The molecule has 0 saturated heterocycles. The molecule has 0 amide bonds. The van der Waals surface area contributed by atoms with Gasteiger partial charge >= 0.3 is 0 Å². The first-order valence-corrected chi connectivity index (χ1v) is 9.00. The topological polar surface area (TPSA) is 26.0 Å². The number of hydrogen-bond donors (Lipinski definition) is 1. The number of hydrogen-bond acceptors (Lipinski definition) is 3.